The first kappa shape index (κ1) is 8.90. The third-order valence-corrected chi connectivity index (χ3v) is 3.20. The maximum absolute atomic E-state index is 8.85. The number of fused-ring (bicyclic) bond motifs is 1. The zero-order valence-electron chi connectivity index (χ0n) is 6.20. The molecule has 0 radical (unpaired) electrons. The Bertz CT molecular complexity index is 513. The molecule has 0 aliphatic heterocycles. The quantitative estimate of drug-likeness (QED) is 0.684. The van der Waals surface area contributed by atoms with Crippen LogP contribution < -0.4 is 0 Å². The Kier molecular flexibility index (Phi) is 2.21. The van der Waals surface area contributed by atoms with Crippen LogP contribution in [-0.4, -0.2) is 14.6 Å². The number of nitrogens with zero attached hydrogens (tertiary/aromatic N) is 4. The van der Waals surface area contributed by atoms with Crippen molar-refractivity contribution < 1.29 is 0 Å². The van der Waals surface area contributed by atoms with Gasteiger partial charge in [0.1, 0.15) is 12.4 Å². The zero-order valence-corrected chi connectivity index (χ0v) is 9.94. The second-order valence-electron chi connectivity index (χ2n) is 2.31. The Morgan fingerprint density at radius 1 is 1.62 bits per heavy atom. The highest BCUT2D eigenvalue weighted by molar-refractivity contribution is 14.1. The molecule has 0 fully saturated rings. The fraction of sp³-hybridized carbons (Fsp3) is 0. The van der Waals surface area contributed by atoms with Crippen molar-refractivity contribution in [3.8, 4) is 6.07 Å². The van der Waals surface area contributed by atoms with Gasteiger partial charge < -0.3 is 0 Å². The summed E-state index contributed by atoms with van der Waals surface area (Å²) in [7, 11) is 0. The van der Waals surface area contributed by atoms with Gasteiger partial charge in [-0.15, -0.1) is 0 Å². The van der Waals surface area contributed by atoms with E-state index in [1.54, 1.807) is 10.7 Å². The van der Waals surface area contributed by atoms with E-state index in [0.29, 0.717) is 11.2 Å². The van der Waals surface area contributed by atoms with E-state index in [0.717, 1.165) is 8.04 Å². The highest BCUT2D eigenvalue weighted by Gasteiger charge is 2.10. The number of hydrogen-bond donors (Lipinski definition) is 0. The number of hydrogen-bond acceptors (Lipinski definition) is 3. The average molecular weight is 349 g/mol. The van der Waals surface area contributed by atoms with E-state index >= 15 is 0 Å². The van der Waals surface area contributed by atoms with Gasteiger partial charge in [0.15, 0.2) is 5.65 Å². The Labute approximate surface area is 95.8 Å². The van der Waals surface area contributed by atoms with Crippen LogP contribution in [0.5, 0.6) is 0 Å². The second kappa shape index (κ2) is 3.23. The van der Waals surface area contributed by atoms with Gasteiger partial charge in [0, 0.05) is 6.20 Å². The van der Waals surface area contributed by atoms with Crippen molar-refractivity contribution in [3.63, 3.8) is 0 Å². The lowest BCUT2D eigenvalue weighted by Gasteiger charge is -1.99. The van der Waals surface area contributed by atoms with Gasteiger partial charge in [-0.25, -0.2) is 9.50 Å². The van der Waals surface area contributed by atoms with Crippen LogP contribution in [0, 0.1) is 14.9 Å². The topological polar surface area (TPSA) is 54.0 Å². The Balaban J connectivity index is 2.95. The van der Waals surface area contributed by atoms with E-state index in [4.69, 9.17) is 5.26 Å². The minimum Gasteiger partial charge on any atom is -0.219 e. The van der Waals surface area contributed by atoms with Gasteiger partial charge in [0.2, 0.25) is 0 Å². The highest BCUT2D eigenvalue weighted by Crippen LogP contribution is 2.23. The van der Waals surface area contributed by atoms with E-state index in [2.05, 4.69) is 54.7 Å². The SMILES string of the molecule is N#Cc1c(Br)cn2ncnc2c1I. The molecule has 0 N–H and O–H groups in total. The minimum atomic E-state index is 0.598. The van der Waals surface area contributed by atoms with Crippen molar-refractivity contribution in [2.75, 3.05) is 0 Å². The van der Waals surface area contributed by atoms with Gasteiger partial charge >= 0.3 is 0 Å². The molecule has 6 heteroatoms. The van der Waals surface area contributed by atoms with Crippen molar-refractivity contribution in [1.29, 1.82) is 5.26 Å². The predicted molar refractivity (Wildman–Crippen MR) is 58.1 cm³/mol. The van der Waals surface area contributed by atoms with Crippen molar-refractivity contribution >= 4 is 44.2 Å². The van der Waals surface area contributed by atoms with Gasteiger partial charge in [-0.1, -0.05) is 0 Å². The molecule has 0 atom stereocenters. The molecule has 0 aromatic carbocycles. The number of nitriles is 1. The van der Waals surface area contributed by atoms with Crippen LogP contribution in [-0.2, 0) is 0 Å². The van der Waals surface area contributed by atoms with Gasteiger partial charge in [0.25, 0.3) is 0 Å². The second-order valence-corrected chi connectivity index (χ2v) is 4.24. The largest absolute Gasteiger partial charge is 0.219 e. The molecule has 13 heavy (non-hydrogen) atoms. The lowest BCUT2D eigenvalue weighted by atomic mass is 10.3. The summed E-state index contributed by atoms with van der Waals surface area (Å²) < 4.78 is 3.18. The van der Waals surface area contributed by atoms with E-state index in [-0.39, 0.29) is 0 Å². The first-order valence-electron chi connectivity index (χ1n) is 3.31. The standard InChI is InChI=1S/C7H2BrIN4/c8-5-2-13-7(11-3-12-13)6(9)4(5)1-10/h2-3H. The molecule has 2 aromatic heterocycles. The molecule has 64 valence electrons. The molecular weight excluding hydrogens is 347 g/mol. The first-order valence-corrected chi connectivity index (χ1v) is 5.18. The van der Waals surface area contributed by atoms with Crippen LogP contribution >= 0.6 is 38.5 Å². The fourth-order valence-corrected chi connectivity index (χ4v) is 2.64. The first-order chi connectivity index (χ1) is 6.24. The molecule has 0 bridgehead atoms. The van der Waals surface area contributed by atoms with Crippen molar-refractivity contribution in [2.45, 2.75) is 0 Å². The number of aromatic nitrogens is 3. The molecule has 0 aliphatic carbocycles. The van der Waals surface area contributed by atoms with E-state index in [1.165, 1.54) is 6.33 Å². The highest BCUT2D eigenvalue weighted by atomic mass is 127. The molecule has 2 heterocycles. The summed E-state index contributed by atoms with van der Waals surface area (Å²) in [4.78, 5) is 4.04. The molecule has 0 saturated heterocycles. The molecule has 0 amide bonds. The minimum absolute atomic E-state index is 0.598. The van der Waals surface area contributed by atoms with Crippen molar-refractivity contribution in [2.24, 2.45) is 0 Å². The lowest BCUT2D eigenvalue weighted by Crippen LogP contribution is -1.94. The van der Waals surface area contributed by atoms with Crippen LogP contribution in [0.3, 0.4) is 0 Å². The normalized spacial score (nSPS) is 10.2. The maximum atomic E-state index is 8.85. The predicted octanol–water partition coefficient (Wildman–Crippen LogP) is 1.97. The lowest BCUT2D eigenvalue weighted by molar-refractivity contribution is 0.951. The molecule has 0 unspecified atom stereocenters. The van der Waals surface area contributed by atoms with Crippen molar-refractivity contribution in [3.05, 3.63) is 26.1 Å². The molecular formula is C7H2BrIN4. The number of halogens is 2. The summed E-state index contributed by atoms with van der Waals surface area (Å²) in [6.07, 6.45) is 3.19. The fourth-order valence-electron chi connectivity index (χ4n) is 0.993. The Hall–Kier alpha value is -0.680. The van der Waals surface area contributed by atoms with E-state index < -0.39 is 0 Å². The van der Waals surface area contributed by atoms with Gasteiger partial charge in [-0.2, -0.15) is 10.4 Å². The van der Waals surface area contributed by atoms with Crippen LogP contribution in [0.2, 0.25) is 0 Å². The molecule has 0 aliphatic rings. The summed E-state index contributed by atoms with van der Waals surface area (Å²) in [5.41, 5.74) is 1.31. The number of pyridine rings is 1. The van der Waals surface area contributed by atoms with Crippen LogP contribution in [0.1, 0.15) is 5.56 Å². The van der Waals surface area contributed by atoms with E-state index in [9.17, 15) is 0 Å². The summed E-state index contributed by atoms with van der Waals surface area (Å²) in [6, 6.07) is 2.11. The monoisotopic (exact) mass is 348 g/mol. The Morgan fingerprint density at radius 2 is 2.38 bits per heavy atom. The van der Waals surface area contributed by atoms with Crippen LogP contribution in [0.15, 0.2) is 17.0 Å². The summed E-state index contributed by atoms with van der Waals surface area (Å²) in [6.45, 7) is 0. The third kappa shape index (κ3) is 1.32. The van der Waals surface area contributed by atoms with Gasteiger partial charge in [-0.05, 0) is 38.5 Å². The van der Waals surface area contributed by atoms with Crippen LogP contribution in [0.4, 0.5) is 0 Å². The Morgan fingerprint density at radius 3 is 3.08 bits per heavy atom. The summed E-state index contributed by atoms with van der Waals surface area (Å²) in [5, 5.41) is 12.8. The van der Waals surface area contributed by atoms with Gasteiger partial charge in [-0.3, -0.25) is 0 Å². The molecule has 0 saturated carbocycles. The summed E-state index contributed by atoms with van der Waals surface area (Å²) >= 11 is 5.38. The third-order valence-electron chi connectivity index (χ3n) is 1.58. The zero-order chi connectivity index (χ0) is 9.42. The average Bonchev–Trinajstić information content (AvgIpc) is 2.53. The molecule has 2 rings (SSSR count). The van der Waals surface area contributed by atoms with Gasteiger partial charge in [0.05, 0.1) is 13.6 Å². The number of rotatable bonds is 0. The van der Waals surface area contributed by atoms with E-state index in [1.807, 2.05) is 0 Å². The summed E-state index contributed by atoms with van der Waals surface area (Å²) in [5.74, 6) is 0. The van der Waals surface area contributed by atoms with Crippen LogP contribution in [0.25, 0.3) is 5.65 Å². The maximum Gasteiger partial charge on any atom is 0.169 e. The molecule has 0 spiro atoms. The molecule has 2 aromatic rings. The molecule has 4 nitrogen and oxygen atoms in total. The van der Waals surface area contributed by atoms with Crippen molar-refractivity contribution in [1.82, 2.24) is 14.6 Å². The smallest absolute Gasteiger partial charge is 0.169 e.